The van der Waals surface area contributed by atoms with Crippen LogP contribution in [0.25, 0.3) is 11.5 Å². The molecule has 0 atom stereocenters. The third kappa shape index (κ3) is 2.94. The Morgan fingerprint density at radius 1 is 1.05 bits per heavy atom. The van der Waals surface area contributed by atoms with Gasteiger partial charge in [-0.25, -0.2) is 0 Å². The van der Waals surface area contributed by atoms with Gasteiger partial charge in [-0.2, -0.15) is 4.98 Å². The van der Waals surface area contributed by atoms with Crippen molar-refractivity contribution in [2.24, 2.45) is 0 Å². The van der Waals surface area contributed by atoms with E-state index in [1.54, 1.807) is 18.2 Å². The first-order valence-electron chi connectivity index (χ1n) is 6.80. The van der Waals surface area contributed by atoms with E-state index in [9.17, 15) is 5.11 Å². The molecule has 4 heteroatoms. The number of para-hydroxylation sites is 1. The van der Waals surface area contributed by atoms with Crippen LogP contribution in [0.2, 0.25) is 0 Å². The normalized spacial score (nSPS) is 10.8. The standard InChI is InChI=1S/C17H16N2O2/c1-11-7-12(2)9-13(8-11)10-16-18-17(21-19-16)14-5-3-4-6-15(14)20/h3-9,20H,10H2,1-2H3. The lowest BCUT2D eigenvalue weighted by atomic mass is 10.1. The lowest BCUT2D eigenvalue weighted by Crippen LogP contribution is -1.92. The van der Waals surface area contributed by atoms with Crippen LogP contribution in [0.15, 0.2) is 47.0 Å². The van der Waals surface area contributed by atoms with Crippen LogP contribution in [-0.4, -0.2) is 15.2 Å². The maximum Gasteiger partial charge on any atom is 0.261 e. The van der Waals surface area contributed by atoms with Crippen LogP contribution in [0.3, 0.4) is 0 Å². The van der Waals surface area contributed by atoms with Crippen LogP contribution < -0.4 is 0 Å². The number of hydrogen-bond donors (Lipinski definition) is 1. The molecule has 1 heterocycles. The third-order valence-electron chi connectivity index (χ3n) is 3.25. The van der Waals surface area contributed by atoms with Gasteiger partial charge in [0, 0.05) is 6.42 Å². The summed E-state index contributed by atoms with van der Waals surface area (Å²) in [5.74, 6) is 1.09. The molecule has 0 saturated carbocycles. The molecule has 0 unspecified atom stereocenters. The van der Waals surface area contributed by atoms with Gasteiger partial charge in [-0.3, -0.25) is 0 Å². The van der Waals surface area contributed by atoms with Crippen molar-refractivity contribution in [2.45, 2.75) is 20.3 Å². The van der Waals surface area contributed by atoms with Crippen LogP contribution >= 0.6 is 0 Å². The number of phenols is 1. The summed E-state index contributed by atoms with van der Waals surface area (Å²) >= 11 is 0. The predicted molar refractivity (Wildman–Crippen MR) is 80.1 cm³/mol. The van der Waals surface area contributed by atoms with Crippen molar-refractivity contribution >= 4 is 0 Å². The highest BCUT2D eigenvalue weighted by atomic mass is 16.5. The van der Waals surface area contributed by atoms with E-state index in [1.807, 2.05) is 6.07 Å². The van der Waals surface area contributed by atoms with Gasteiger partial charge < -0.3 is 9.63 Å². The highest BCUT2D eigenvalue weighted by Gasteiger charge is 2.12. The summed E-state index contributed by atoms with van der Waals surface area (Å²) in [6.45, 7) is 4.14. The summed E-state index contributed by atoms with van der Waals surface area (Å²) in [4.78, 5) is 4.36. The highest BCUT2D eigenvalue weighted by molar-refractivity contribution is 5.61. The summed E-state index contributed by atoms with van der Waals surface area (Å²) in [7, 11) is 0. The quantitative estimate of drug-likeness (QED) is 0.795. The summed E-state index contributed by atoms with van der Waals surface area (Å²) in [6.07, 6.45) is 0.611. The summed E-state index contributed by atoms with van der Waals surface area (Å²) in [6, 6.07) is 13.3. The molecular weight excluding hydrogens is 264 g/mol. The summed E-state index contributed by atoms with van der Waals surface area (Å²) < 4.78 is 5.24. The molecule has 3 rings (SSSR count). The van der Waals surface area contributed by atoms with Gasteiger partial charge >= 0.3 is 0 Å². The molecule has 1 N–H and O–H groups in total. The van der Waals surface area contributed by atoms with E-state index in [0.717, 1.165) is 5.56 Å². The average Bonchev–Trinajstić information content (AvgIpc) is 2.86. The summed E-state index contributed by atoms with van der Waals surface area (Å²) in [5.41, 5.74) is 4.14. The zero-order valence-electron chi connectivity index (χ0n) is 12.0. The van der Waals surface area contributed by atoms with Crippen LogP contribution in [0.4, 0.5) is 0 Å². The molecule has 0 saturated heterocycles. The summed E-state index contributed by atoms with van der Waals surface area (Å²) in [5, 5.41) is 13.8. The zero-order chi connectivity index (χ0) is 14.8. The zero-order valence-corrected chi connectivity index (χ0v) is 12.0. The van der Waals surface area contributed by atoms with E-state index in [1.165, 1.54) is 11.1 Å². The Bertz CT molecular complexity index is 758. The van der Waals surface area contributed by atoms with Crippen LogP contribution in [0.1, 0.15) is 22.5 Å². The Labute approximate surface area is 123 Å². The number of aryl methyl sites for hydroxylation is 2. The van der Waals surface area contributed by atoms with Crippen molar-refractivity contribution in [2.75, 3.05) is 0 Å². The van der Waals surface area contributed by atoms with Crippen molar-refractivity contribution in [1.29, 1.82) is 0 Å². The molecule has 0 aliphatic heterocycles. The fraction of sp³-hybridized carbons (Fsp3) is 0.176. The van der Waals surface area contributed by atoms with Crippen molar-refractivity contribution in [3.05, 3.63) is 65.0 Å². The molecule has 0 fully saturated rings. The fourth-order valence-electron chi connectivity index (χ4n) is 2.44. The number of rotatable bonds is 3. The second-order valence-corrected chi connectivity index (χ2v) is 5.21. The minimum atomic E-state index is 0.138. The van der Waals surface area contributed by atoms with E-state index >= 15 is 0 Å². The van der Waals surface area contributed by atoms with Gasteiger partial charge in [-0.1, -0.05) is 46.6 Å². The van der Waals surface area contributed by atoms with Gasteiger partial charge in [0.1, 0.15) is 5.75 Å². The second kappa shape index (κ2) is 5.40. The smallest absolute Gasteiger partial charge is 0.261 e. The molecule has 0 spiro atoms. The van der Waals surface area contributed by atoms with Gasteiger partial charge in [0.2, 0.25) is 0 Å². The second-order valence-electron chi connectivity index (χ2n) is 5.21. The van der Waals surface area contributed by atoms with Gasteiger partial charge in [-0.15, -0.1) is 0 Å². The van der Waals surface area contributed by atoms with E-state index in [-0.39, 0.29) is 5.75 Å². The monoisotopic (exact) mass is 280 g/mol. The van der Waals surface area contributed by atoms with Crippen molar-refractivity contribution in [1.82, 2.24) is 10.1 Å². The molecule has 4 nitrogen and oxygen atoms in total. The lowest BCUT2D eigenvalue weighted by molar-refractivity contribution is 0.418. The Hall–Kier alpha value is -2.62. The maximum absolute atomic E-state index is 9.81. The maximum atomic E-state index is 9.81. The Morgan fingerprint density at radius 3 is 2.48 bits per heavy atom. The van der Waals surface area contributed by atoms with Gasteiger partial charge in [0.25, 0.3) is 5.89 Å². The first-order valence-corrected chi connectivity index (χ1v) is 6.80. The number of phenolic OH excluding ortho intramolecular Hbond substituents is 1. The Morgan fingerprint density at radius 2 is 1.76 bits per heavy atom. The molecule has 2 aromatic carbocycles. The van der Waals surface area contributed by atoms with Crippen LogP contribution in [0, 0.1) is 13.8 Å². The van der Waals surface area contributed by atoms with E-state index in [2.05, 4.69) is 42.2 Å². The molecule has 1 aromatic heterocycles. The minimum absolute atomic E-state index is 0.138. The first kappa shape index (κ1) is 13.4. The molecule has 0 aliphatic carbocycles. The average molecular weight is 280 g/mol. The van der Waals surface area contributed by atoms with E-state index < -0.39 is 0 Å². The molecular formula is C17H16N2O2. The van der Waals surface area contributed by atoms with Crippen molar-refractivity contribution in [3.8, 4) is 17.2 Å². The molecule has 0 bridgehead atoms. The molecule has 0 amide bonds. The SMILES string of the molecule is Cc1cc(C)cc(Cc2noc(-c3ccccc3O)n2)c1. The highest BCUT2D eigenvalue weighted by Crippen LogP contribution is 2.27. The topological polar surface area (TPSA) is 59.2 Å². The number of nitrogens with zero attached hydrogens (tertiary/aromatic N) is 2. The van der Waals surface area contributed by atoms with E-state index in [0.29, 0.717) is 23.7 Å². The lowest BCUT2D eigenvalue weighted by Gasteiger charge is -2.01. The third-order valence-corrected chi connectivity index (χ3v) is 3.25. The number of aromatic hydroxyl groups is 1. The number of aromatic nitrogens is 2. The molecule has 0 radical (unpaired) electrons. The van der Waals surface area contributed by atoms with E-state index in [4.69, 9.17) is 4.52 Å². The Kier molecular flexibility index (Phi) is 3.44. The molecule has 3 aromatic rings. The van der Waals surface area contributed by atoms with Crippen LogP contribution in [-0.2, 0) is 6.42 Å². The van der Waals surface area contributed by atoms with Gasteiger partial charge in [0.05, 0.1) is 5.56 Å². The minimum Gasteiger partial charge on any atom is -0.507 e. The van der Waals surface area contributed by atoms with Crippen molar-refractivity contribution in [3.63, 3.8) is 0 Å². The number of benzene rings is 2. The largest absolute Gasteiger partial charge is 0.507 e. The van der Waals surface area contributed by atoms with Gasteiger partial charge in [-0.05, 0) is 31.5 Å². The van der Waals surface area contributed by atoms with Crippen LogP contribution in [0.5, 0.6) is 5.75 Å². The molecule has 21 heavy (non-hydrogen) atoms. The fourth-order valence-corrected chi connectivity index (χ4v) is 2.44. The van der Waals surface area contributed by atoms with Crippen molar-refractivity contribution < 1.29 is 9.63 Å². The van der Waals surface area contributed by atoms with Gasteiger partial charge in [0.15, 0.2) is 5.82 Å². The number of hydrogen-bond acceptors (Lipinski definition) is 4. The Balaban J connectivity index is 1.87. The first-order chi connectivity index (χ1) is 10.1. The molecule has 0 aliphatic rings. The predicted octanol–water partition coefficient (Wildman–Crippen LogP) is 3.65. The molecule has 106 valence electrons.